The minimum absolute atomic E-state index is 0.00565. The number of aromatic nitrogens is 2. The fourth-order valence-corrected chi connectivity index (χ4v) is 2.04. The third-order valence-electron chi connectivity index (χ3n) is 2.67. The molecule has 16 heavy (non-hydrogen) atoms. The van der Waals surface area contributed by atoms with Crippen LogP contribution in [0.1, 0.15) is 23.7 Å². The van der Waals surface area contributed by atoms with Crippen molar-refractivity contribution < 1.29 is 0 Å². The van der Waals surface area contributed by atoms with Crippen LogP contribution in [0.3, 0.4) is 0 Å². The van der Waals surface area contributed by atoms with Gasteiger partial charge in [0.25, 0.3) is 0 Å². The summed E-state index contributed by atoms with van der Waals surface area (Å²) in [5, 5.41) is -0.00565. The Hall–Kier alpha value is -1.28. The first kappa shape index (κ1) is 11.2. The Morgan fingerprint density at radius 2 is 2.06 bits per heavy atom. The number of hydrogen-bond acceptors (Lipinski definition) is 1. The van der Waals surface area contributed by atoms with Crippen molar-refractivity contribution in [3.05, 3.63) is 54.1 Å². The number of hydrogen-bond donors (Lipinski definition) is 0. The Morgan fingerprint density at radius 3 is 2.75 bits per heavy atom. The molecule has 1 aromatic heterocycles. The Kier molecular flexibility index (Phi) is 3.62. The maximum Gasteiger partial charge on any atom is 0.110 e. The zero-order chi connectivity index (χ0) is 11.4. The summed E-state index contributed by atoms with van der Waals surface area (Å²) in [5.41, 5.74) is 1.15. The van der Waals surface area contributed by atoms with Crippen LogP contribution >= 0.6 is 11.6 Å². The highest BCUT2D eigenvalue weighted by molar-refractivity contribution is 6.20. The number of rotatable bonds is 4. The molecule has 0 spiro atoms. The highest BCUT2D eigenvalue weighted by Gasteiger charge is 2.11. The number of nitrogens with zero attached hydrogens (tertiary/aromatic N) is 2. The molecule has 0 radical (unpaired) electrons. The molecule has 0 bridgehead atoms. The predicted octanol–water partition coefficient (Wildman–Crippen LogP) is 3.43. The standard InChI is InChI=1S/C13H15ClN2/c1-2-16-9-8-15-13(16)10-12(14)11-6-4-3-5-7-11/h3-9,12H,2,10H2,1H3. The number of aryl methyl sites for hydroxylation is 1. The number of halogens is 1. The van der Waals surface area contributed by atoms with Crippen molar-refractivity contribution in [2.24, 2.45) is 0 Å². The van der Waals surface area contributed by atoms with Gasteiger partial charge in [0.2, 0.25) is 0 Å². The van der Waals surface area contributed by atoms with Crippen molar-refractivity contribution >= 4 is 11.6 Å². The first-order chi connectivity index (χ1) is 7.81. The summed E-state index contributed by atoms with van der Waals surface area (Å²) in [6.07, 6.45) is 4.59. The first-order valence-corrected chi connectivity index (χ1v) is 5.94. The zero-order valence-electron chi connectivity index (χ0n) is 9.31. The molecule has 0 aliphatic carbocycles. The molecule has 1 unspecified atom stereocenters. The smallest absolute Gasteiger partial charge is 0.110 e. The van der Waals surface area contributed by atoms with Gasteiger partial charge in [-0.2, -0.15) is 0 Å². The summed E-state index contributed by atoms with van der Waals surface area (Å²) >= 11 is 6.37. The summed E-state index contributed by atoms with van der Waals surface area (Å²) < 4.78 is 2.12. The van der Waals surface area contributed by atoms with Gasteiger partial charge in [0.15, 0.2) is 0 Å². The van der Waals surface area contributed by atoms with Crippen LogP contribution in [0.15, 0.2) is 42.7 Å². The molecule has 1 heterocycles. The minimum atomic E-state index is -0.00565. The van der Waals surface area contributed by atoms with Crippen molar-refractivity contribution in [1.82, 2.24) is 9.55 Å². The van der Waals surface area contributed by atoms with Crippen LogP contribution in [0, 0.1) is 0 Å². The maximum absolute atomic E-state index is 6.37. The van der Waals surface area contributed by atoms with Gasteiger partial charge in [-0.05, 0) is 12.5 Å². The molecule has 1 aromatic carbocycles. The van der Waals surface area contributed by atoms with Gasteiger partial charge in [-0.1, -0.05) is 30.3 Å². The second kappa shape index (κ2) is 5.17. The fourth-order valence-electron chi connectivity index (χ4n) is 1.76. The Balaban J connectivity index is 2.11. The van der Waals surface area contributed by atoms with Gasteiger partial charge >= 0.3 is 0 Å². The average molecular weight is 235 g/mol. The van der Waals surface area contributed by atoms with E-state index in [1.807, 2.05) is 30.6 Å². The lowest BCUT2D eigenvalue weighted by atomic mass is 10.1. The van der Waals surface area contributed by atoms with E-state index in [0.29, 0.717) is 0 Å². The van der Waals surface area contributed by atoms with E-state index in [1.165, 1.54) is 0 Å². The van der Waals surface area contributed by atoms with Crippen LogP contribution < -0.4 is 0 Å². The van der Waals surface area contributed by atoms with Crippen molar-refractivity contribution in [2.45, 2.75) is 25.3 Å². The molecule has 0 N–H and O–H groups in total. The van der Waals surface area contributed by atoms with Crippen LogP contribution in [0.4, 0.5) is 0 Å². The molecule has 0 amide bonds. The van der Waals surface area contributed by atoms with Crippen molar-refractivity contribution in [2.75, 3.05) is 0 Å². The Bertz CT molecular complexity index is 436. The van der Waals surface area contributed by atoms with Crippen molar-refractivity contribution in [3.8, 4) is 0 Å². The molecule has 1 atom stereocenters. The highest BCUT2D eigenvalue weighted by atomic mass is 35.5. The number of alkyl halides is 1. The van der Waals surface area contributed by atoms with E-state index in [-0.39, 0.29) is 5.38 Å². The van der Waals surface area contributed by atoms with Gasteiger partial charge in [-0.15, -0.1) is 11.6 Å². The van der Waals surface area contributed by atoms with E-state index in [1.54, 1.807) is 0 Å². The SMILES string of the molecule is CCn1ccnc1CC(Cl)c1ccccc1. The molecule has 2 rings (SSSR count). The molecule has 3 heteroatoms. The van der Waals surface area contributed by atoms with Crippen LogP contribution in [0.25, 0.3) is 0 Å². The Morgan fingerprint density at radius 1 is 1.31 bits per heavy atom. The average Bonchev–Trinajstić information content (AvgIpc) is 2.77. The maximum atomic E-state index is 6.37. The van der Waals surface area contributed by atoms with Gasteiger partial charge in [-0.3, -0.25) is 0 Å². The second-order valence-electron chi connectivity index (χ2n) is 3.71. The van der Waals surface area contributed by atoms with E-state index in [2.05, 4.69) is 28.6 Å². The quantitative estimate of drug-likeness (QED) is 0.742. The molecule has 0 fully saturated rings. The summed E-state index contributed by atoms with van der Waals surface area (Å²) in [6.45, 7) is 3.05. The second-order valence-corrected chi connectivity index (χ2v) is 4.24. The molecule has 2 aromatic rings. The van der Waals surface area contributed by atoms with Gasteiger partial charge in [0, 0.05) is 25.4 Å². The van der Waals surface area contributed by atoms with E-state index in [0.717, 1.165) is 24.4 Å². The molecule has 0 saturated carbocycles. The van der Waals surface area contributed by atoms with Crippen molar-refractivity contribution in [1.29, 1.82) is 0 Å². The summed E-state index contributed by atoms with van der Waals surface area (Å²) in [6, 6.07) is 10.1. The highest BCUT2D eigenvalue weighted by Crippen LogP contribution is 2.23. The minimum Gasteiger partial charge on any atom is -0.335 e. The topological polar surface area (TPSA) is 17.8 Å². The van der Waals surface area contributed by atoms with Crippen LogP contribution in [0.5, 0.6) is 0 Å². The third kappa shape index (κ3) is 2.45. The van der Waals surface area contributed by atoms with Crippen LogP contribution in [-0.4, -0.2) is 9.55 Å². The van der Waals surface area contributed by atoms with Gasteiger partial charge in [0.1, 0.15) is 5.82 Å². The number of imidazole rings is 1. The van der Waals surface area contributed by atoms with E-state index in [4.69, 9.17) is 11.6 Å². The predicted molar refractivity (Wildman–Crippen MR) is 66.6 cm³/mol. The lowest BCUT2D eigenvalue weighted by Crippen LogP contribution is -2.04. The summed E-state index contributed by atoms with van der Waals surface area (Å²) in [7, 11) is 0. The lowest BCUT2D eigenvalue weighted by molar-refractivity contribution is 0.683. The number of benzene rings is 1. The van der Waals surface area contributed by atoms with Gasteiger partial charge < -0.3 is 4.57 Å². The third-order valence-corrected chi connectivity index (χ3v) is 3.07. The lowest BCUT2D eigenvalue weighted by Gasteiger charge is -2.10. The van der Waals surface area contributed by atoms with Gasteiger partial charge in [0.05, 0.1) is 5.38 Å². The molecule has 0 aliphatic heterocycles. The molecule has 2 nitrogen and oxygen atoms in total. The summed E-state index contributed by atoms with van der Waals surface area (Å²) in [5.74, 6) is 1.05. The molecule has 0 saturated heterocycles. The normalized spacial score (nSPS) is 12.6. The van der Waals surface area contributed by atoms with Crippen LogP contribution in [-0.2, 0) is 13.0 Å². The van der Waals surface area contributed by atoms with Gasteiger partial charge in [-0.25, -0.2) is 4.98 Å². The largest absolute Gasteiger partial charge is 0.335 e. The monoisotopic (exact) mass is 234 g/mol. The molecular formula is C13H15ClN2. The molecule has 0 aliphatic rings. The van der Waals surface area contributed by atoms with E-state index < -0.39 is 0 Å². The van der Waals surface area contributed by atoms with E-state index >= 15 is 0 Å². The zero-order valence-corrected chi connectivity index (χ0v) is 10.1. The summed E-state index contributed by atoms with van der Waals surface area (Å²) in [4.78, 5) is 4.33. The van der Waals surface area contributed by atoms with E-state index in [9.17, 15) is 0 Å². The fraction of sp³-hybridized carbons (Fsp3) is 0.308. The molecular weight excluding hydrogens is 220 g/mol. The molecule has 84 valence electrons. The van der Waals surface area contributed by atoms with Crippen molar-refractivity contribution in [3.63, 3.8) is 0 Å². The first-order valence-electron chi connectivity index (χ1n) is 5.50. The van der Waals surface area contributed by atoms with Crippen LogP contribution in [0.2, 0.25) is 0 Å². The Labute approximate surface area is 101 Å².